The van der Waals surface area contributed by atoms with E-state index in [1.807, 2.05) is 37.3 Å². The molecule has 0 aliphatic heterocycles. The molecule has 3 heterocycles. The molecule has 0 N–H and O–H groups in total. The summed E-state index contributed by atoms with van der Waals surface area (Å²) in [4.78, 5) is 49.8. The quantitative estimate of drug-likeness (QED) is 0.217. The first-order valence-corrected chi connectivity index (χ1v) is 12.9. The standard InChI is InChI=1S/C30H28N4O6/c1-4-39-23-14-13-19-10-6-7-11-20(19)25(23)28(35)32-27-22(30(37)40-5-2)18-21-26(34(27)16-17-38-3)31-24-12-8-9-15-33(24)29(21)36/h6-15,18H,4-5,16-17H2,1-3H3. The van der Waals surface area contributed by atoms with Crippen LogP contribution in [0.5, 0.6) is 5.75 Å². The molecular formula is C30H28N4O6. The van der Waals surface area contributed by atoms with Gasteiger partial charge in [0.25, 0.3) is 11.5 Å². The summed E-state index contributed by atoms with van der Waals surface area (Å²) in [6.45, 7) is 4.31. The van der Waals surface area contributed by atoms with E-state index in [0.717, 1.165) is 5.39 Å². The highest BCUT2D eigenvalue weighted by Gasteiger charge is 2.22. The van der Waals surface area contributed by atoms with Crippen molar-refractivity contribution in [1.29, 1.82) is 0 Å². The van der Waals surface area contributed by atoms with Crippen molar-refractivity contribution in [2.45, 2.75) is 20.4 Å². The number of pyridine rings is 2. The van der Waals surface area contributed by atoms with E-state index in [0.29, 0.717) is 23.4 Å². The molecule has 5 aromatic rings. The van der Waals surface area contributed by atoms with Gasteiger partial charge in [0, 0.05) is 19.9 Å². The molecular weight excluding hydrogens is 512 g/mol. The minimum atomic E-state index is -0.720. The SMILES string of the molecule is CCOC(=O)c1cc2c(=O)n3ccccc3nc2n(CCOC)c1=NC(=O)c1c(OCC)ccc2ccccc12. The van der Waals surface area contributed by atoms with Crippen molar-refractivity contribution >= 4 is 39.3 Å². The van der Waals surface area contributed by atoms with E-state index in [1.54, 1.807) is 42.0 Å². The zero-order valence-corrected chi connectivity index (χ0v) is 22.4. The first-order chi connectivity index (χ1) is 19.5. The molecule has 10 heteroatoms. The van der Waals surface area contributed by atoms with Crippen molar-refractivity contribution in [2.75, 3.05) is 26.9 Å². The summed E-state index contributed by atoms with van der Waals surface area (Å²) in [7, 11) is 1.53. The molecule has 0 unspecified atom stereocenters. The van der Waals surface area contributed by atoms with Crippen molar-refractivity contribution in [3.05, 3.63) is 93.8 Å². The normalized spacial score (nSPS) is 11.8. The molecule has 40 heavy (non-hydrogen) atoms. The lowest BCUT2D eigenvalue weighted by molar-refractivity contribution is 0.0523. The molecule has 0 fully saturated rings. The summed E-state index contributed by atoms with van der Waals surface area (Å²) in [5.74, 6) is -0.962. The number of hydrogen-bond acceptors (Lipinski definition) is 7. The number of carbonyl (C=O) groups is 2. The van der Waals surface area contributed by atoms with Gasteiger partial charge in [0.05, 0.1) is 30.8 Å². The molecule has 0 aliphatic carbocycles. The smallest absolute Gasteiger partial charge is 0.341 e. The van der Waals surface area contributed by atoms with Crippen LogP contribution in [-0.2, 0) is 16.0 Å². The molecule has 2 aromatic carbocycles. The largest absolute Gasteiger partial charge is 0.493 e. The third-order valence-corrected chi connectivity index (χ3v) is 6.42. The molecule has 0 radical (unpaired) electrons. The fraction of sp³-hybridized carbons (Fsp3) is 0.233. The fourth-order valence-corrected chi connectivity index (χ4v) is 4.65. The van der Waals surface area contributed by atoms with E-state index in [-0.39, 0.29) is 53.0 Å². The van der Waals surface area contributed by atoms with Crippen LogP contribution in [0.4, 0.5) is 0 Å². The first-order valence-electron chi connectivity index (χ1n) is 12.9. The number of rotatable bonds is 8. The second kappa shape index (κ2) is 11.5. The number of hydrogen-bond donors (Lipinski definition) is 0. The lowest BCUT2D eigenvalue weighted by Gasteiger charge is -2.15. The third kappa shape index (κ3) is 4.85. The van der Waals surface area contributed by atoms with Crippen LogP contribution < -0.4 is 15.8 Å². The number of aromatic nitrogens is 3. The molecule has 3 aromatic heterocycles. The summed E-state index contributed by atoms with van der Waals surface area (Å²) in [5, 5.41) is 1.67. The molecule has 5 rings (SSSR count). The van der Waals surface area contributed by atoms with Crippen LogP contribution in [0.2, 0.25) is 0 Å². The zero-order chi connectivity index (χ0) is 28.2. The van der Waals surface area contributed by atoms with Crippen LogP contribution in [0, 0.1) is 0 Å². The highest BCUT2D eigenvalue weighted by atomic mass is 16.5. The topological polar surface area (TPSA) is 113 Å². The van der Waals surface area contributed by atoms with Crippen LogP contribution in [0.1, 0.15) is 34.6 Å². The Morgan fingerprint density at radius 1 is 0.975 bits per heavy atom. The molecule has 0 atom stereocenters. The Hall–Kier alpha value is -4.83. The van der Waals surface area contributed by atoms with Crippen LogP contribution in [-0.4, -0.2) is 52.8 Å². The second-order valence-corrected chi connectivity index (χ2v) is 8.84. The summed E-state index contributed by atoms with van der Waals surface area (Å²) in [6.07, 6.45) is 1.60. The number of methoxy groups -OCH3 is 1. The van der Waals surface area contributed by atoms with E-state index in [9.17, 15) is 14.4 Å². The Kier molecular flexibility index (Phi) is 7.70. The van der Waals surface area contributed by atoms with Crippen molar-refractivity contribution in [3.63, 3.8) is 0 Å². The maximum atomic E-state index is 14.0. The minimum absolute atomic E-state index is 0.00978. The summed E-state index contributed by atoms with van der Waals surface area (Å²) >= 11 is 0. The van der Waals surface area contributed by atoms with E-state index in [1.165, 1.54) is 17.6 Å². The monoisotopic (exact) mass is 540 g/mol. The van der Waals surface area contributed by atoms with Crippen LogP contribution in [0.15, 0.2) is 76.6 Å². The van der Waals surface area contributed by atoms with Gasteiger partial charge in [-0.2, -0.15) is 4.99 Å². The molecule has 0 aliphatic rings. The third-order valence-electron chi connectivity index (χ3n) is 6.42. The van der Waals surface area contributed by atoms with E-state index in [2.05, 4.69) is 4.99 Å². The molecule has 10 nitrogen and oxygen atoms in total. The highest BCUT2D eigenvalue weighted by molar-refractivity contribution is 6.10. The van der Waals surface area contributed by atoms with Crippen molar-refractivity contribution in [1.82, 2.24) is 14.0 Å². The van der Waals surface area contributed by atoms with Gasteiger partial charge in [-0.3, -0.25) is 14.0 Å². The van der Waals surface area contributed by atoms with Crippen LogP contribution in [0.25, 0.3) is 27.5 Å². The number of fused-ring (bicyclic) bond motifs is 3. The summed E-state index contributed by atoms with van der Waals surface area (Å²) in [5.41, 5.74) is 0.528. The first kappa shape index (κ1) is 26.8. The lowest BCUT2D eigenvalue weighted by Crippen LogP contribution is -2.33. The molecule has 0 spiro atoms. The average molecular weight is 541 g/mol. The van der Waals surface area contributed by atoms with Gasteiger partial charge in [-0.1, -0.05) is 36.4 Å². The van der Waals surface area contributed by atoms with Gasteiger partial charge in [-0.05, 0) is 48.9 Å². The van der Waals surface area contributed by atoms with Crippen LogP contribution >= 0.6 is 0 Å². The lowest BCUT2D eigenvalue weighted by atomic mass is 10.0. The minimum Gasteiger partial charge on any atom is -0.493 e. The maximum absolute atomic E-state index is 14.0. The Morgan fingerprint density at radius 2 is 1.77 bits per heavy atom. The van der Waals surface area contributed by atoms with Gasteiger partial charge in [-0.25, -0.2) is 9.78 Å². The Morgan fingerprint density at radius 3 is 2.55 bits per heavy atom. The molecule has 0 saturated heterocycles. The Bertz CT molecular complexity index is 1890. The zero-order valence-electron chi connectivity index (χ0n) is 22.4. The number of benzene rings is 2. The van der Waals surface area contributed by atoms with Gasteiger partial charge in [0.2, 0.25) is 0 Å². The summed E-state index contributed by atoms with van der Waals surface area (Å²) < 4.78 is 19.4. The maximum Gasteiger partial charge on any atom is 0.341 e. The van der Waals surface area contributed by atoms with Gasteiger partial charge in [0.15, 0.2) is 5.49 Å². The molecule has 0 saturated carbocycles. The van der Waals surface area contributed by atoms with E-state index in [4.69, 9.17) is 19.2 Å². The van der Waals surface area contributed by atoms with Crippen LogP contribution in [0.3, 0.4) is 0 Å². The fourth-order valence-electron chi connectivity index (χ4n) is 4.65. The van der Waals surface area contributed by atoms with Gasteiger partial charge in [-0.15, -0.1) is 0 Å². The number of ether oxygens (including phenoxy) is 3. The summed E-state index contributed by atoms with van der Waals surface area (Å²) in [6, 6.07) is 17.6. The highest BCUT2D eigenvalue weighted by Crippen LogP contribution is 2.29. The van der Waals surface area contributed by atoms with Gasteiger partial charge < -0.3 is 18.8 Å². The van der Waals surface area contributed by atoms with Crippen molar-refractivity contribution in [2.24, 2.45) is 4.99 Å². The Labute approximate surface area is 229 Å². The molecule has 204 valence electrons. The molecule has 0 bridgehead atoms. The predicted molar refractivity (Wildman–Crippen MR) is 150 cm³/mol. The van der Waals surface area contributed by atoms with E-state index < -0.39 is 11.9 Å². The average Bonchev–Trinajstić information content (AvgIpc) is 2.96. The number of carbonyl (C=O) groups excluding carboxylic acids is 2. The van der Waals surface area contributed by atoms with Gasteiger partial charge in [0.1, 0.15) is 22.6 Å². The predicted octanol–water partition coefficient (Wildman–Crippen LogP) is 3.77. The second-order valence-electron chi connectivity index (χ2n) is 8.84. The number of amides is 1. The number of esters is 1. The number of nitrogens with zero attached hydrogens (tertiary/aromatic N) is 4. The molecule has 1 amide bonds. The van der Waals surface area contributed by atoms with E-state index >= 15 is 0 Å². The van der Waals surface area contributed by atoms with Gasteiger partial charge >= 0.3 is 5.97 Å². The van der Waals surface area contributed by atoms with Crippen molar-refractivity contribution in [3.8, 4) is 5.75 Å². The van der Waals surface area contributed by atoms with Crippen molar-refractivity contribution < 1.29 is 23.8 Å². The Balaban J connectivity index is 1.89.